The van der Waals surface area contributed by atoms with Gasteiger partial charge in [0.05, 0.1) is 27.2 Å². The van der Waals surface area contributed by atoms with E-state index in [4.69, 9.17) is 38.4 Å². The summed E-state index contributed by atoms with van der Waals surface area (Å²) in [5.74, 6) is 2.13. The minimum absolute atomic E-state index is 0.470. The number of anilines is 1. The van der Waals surface area contributed by atoms with E-state index < -0.39 is 0 Å². The lowest BCUT2D eigenvalue weighted by Crippen LogP contribution is -2.34. The highest BCUT2D eigenvalue weighted by Crippen LogP contribution is 2.40. The van der Waals surface area contributed by atoms with Crippen LogP contribution in [-0.2, 0) is 0 Å². The SMILES string of the molecule is Cc1nc(N2CCC(CC#N)CC2)c2c(C)c(C)n(-c3c(Cl)cc(Br)cc3Cl)c2n1. The molecule has 1 aliphatic rings. The number of nitriles is 1. The largest absolute Gasteiger partial charge is 0.356 e. The van der Waals surface area contributed by atoms with Crippen LogP contribution in [0, 0.1) is 38.0 Å². The summed E-state index contributed by atoms with van der Waals surface area (Å²) < 4.78 is 2.88. The van der Waals surface area contributed by atoms with Gasteiger partial charge in [0.15, 0.2) is 5.65 Å². The van der Waals surface area contributed by atoms with Gasteiger partial charge in [-0.3, -0.25) is 4.57 Å². The highest BCUT2D eigenvalue weighted by molar-refractivity contribution is 9.10. The number of hydrogen-bond donors (Lipinski definition) is 0. The lowest BCUT2D eigenvalue weighted by Gasteiger charge is -2.32. The molecule has 0 N–H and O–H groups in total. The monoisotopic (exact) mass is 505 g/mol. The third-order valence-electron chi connectivity index (χ3n) is 5.95. The lowest BCUT2D eigenvalue weighted by atomic mass is 9.94. The van der Waals surface area contributed by atoms with Gasteiger partial charge in [-0.2, -0.15) is 5.26 Å². The second-order valence-electron chi connectivity index (χ2n) is 7.85. The molecule has 3 heterocycles. The van der Waals surface area contributed by atoms with Gasteiger partial charge in [0.2, 0.25) is 0 Å². The van der Waals surface area contributed by atoms with Crippen molar-refractivity contribution in [3.05, 3.63) is 43.7 Å². The summed E-state index contributed by atoms with van der Waals surface area (Å²) in [7, 11) is 0. The third kappa shape index (κ3) is 3.68. The molecule has 3 aromatic rings. The van der Waals surface area contributed by atoms with Crippen molar-refractivity contribution in [2.24, 2.45) is 5.92 Å². The molecular formula is C22H22BrCl2N5. The van der Waals surface area contributed by atoms with Crippen LogP contribution in [0.2, 0.25) is 10.0 Å². The zero-order chi connectivity index (χ0) is 21.6. The number of benzene rings is 1. The number of hydrogen-bond acceptors (Lipinski definition) is 4. The number of nitrogens with zero attached hydrogens (tertiary/aromatic N) is 5. The van der Waals surface area contributed by atoms with Gasteiger partial charge in [0.1, 0.15) is 11.6 Å². The fourth-order valence-electron chi connectivity index (χ4n) is 4.28. The van der Waals surface area contributed by atoms with E-state index in [0.29, 0.717) is 28.2 Å². The molecule has 0 radical (unpaired) electrons. The van der Waals surface area contributed by atoms with Crippen molar-refractivity contribution in [1.29, 1.82) is 5.26 Å². The summed E-state index contributed by atoms with van der Waals surface area (Å²) in [5, 5.41) is 11.2. The number of rotatable bonds is 3. The highest BCUT2D eigenvalue weighted by Gasteiger charge is 2.26. The Morgan fingerprint density at radius 3 is 2.37 bits per heavy atom. The molecule has 0 unspecified atom stereocenters. The van der Waals surface area contributed by atoms with Crippen molar-refractivity contribution in [2.75, 3.05) is 18.0 Å². The summed E-state index contributed by atoms with van der Waals surface area (Å²) in [6.07, 6.45) is 2.63. The first-order valence-corrected chi connectivity index (χ1v) is 11.5. The molecular weight excluding hydrogens is 485 g/mol. The predicted octanol–water partition coefficient (Wildman–Crippen LogP) is 6.55. The molecule has 4 rings (SSSR count). The van der Waals surface area contributed by atoms with E-state index in [-0.39, 0.29) is 0 Å². The van der Waals surface area contributed by atoms with Crippen molar-refractivity contribution >= 4 is 56.0 Å². The molecule has 1 saturated heterocycles. The quantitative estimate of drug-likeness (QED) is 0.404. The first-order valence-electron chi connectivity index (χ1n) is 9.94. The van der Waals surface area contributed by atoms with Gasteiger partial charge in [0, 0.05) is 29.7 Å². The summed E-state index contributed by atoms with van der Waals surface area (Å²) >= 11 is 16.7. The van der Waals surface area contributed by atoms with Gasteiger partial charge in [0.25, 0.3) is 0 Å². The van der Waals surface area contributed by atoms with Crippen LogP contribution in [0.1, 0.15) is 36.3 Å². The Kier molecular flexibility index (Phi) is 5.98. The number of aryl methyl sites for hydroxylation is 2. The zero-order valence-corrected chi connectivity index (χ0v) is 20.2. The van der Waals surface area contributed by atoms with Gasteiger partial charge in [-0.25, -0.2) is 9.97 Å². The maximum absolute atomic E-state index is 9.01. The van der Waals surface area contributed by atoms with Gasteiger partial charge >= 0.3 is 0 Å². The van der Waals surface area contributed by atoms with E-state index in [1.165, 1.54) is 0 Å². The van der Waals surface area contributed by atoms with Gasteiger partial charge < -0.3 is 4.90 Å². The molecule has 2 aromatic heterocycles. The third-order valence-corrected chi connectivity index (χ3v) is 6.98. The number of aromatic nitrogens is 3. The smallest absolute Gasteiger partial charge is 0.150 e. The van der Waals surface area contributed by atoms with Crippen molar-refractivity contribution in [2.45, 2.75) is 40.0 Å². The lowest BCUT2D eigenvalue weighted by molar-refractivity contribution is 0.411. The Bertz CT molecular complexity index is 1150. The molecule has 156 valence electrons. The Labute approximate surface area is 194 Å². The van der Waals surface area contributed by atoms with Crippen LogP contribution in [-0.4, -0.2) is 27.6 Å². The molecule has 0 saturated carbocycles. The molecule has 1 aromatic carbocycles. The van der Waals surface area contributed by atoms with E-state index in [2.05, 4.69) is 40.7 Å². The molecule has 1 fully saturated rings. The van der Waals surface area contributed by atoms with Crippen molar-refractivity contribution < 1.29 is 0 Å². The minimum Gasteiger partial charge on any atom is -0.356 e. The van der Waals surface area contributed by atoms with Crippen LogP contribution in [0.3, 0.4) is 0 Å². The van der Waals surface area contributed by atoms with E-state index in [9.17, 15) is 0 Å². The molecule has 30 heavy (non-hydrogen) atoms. The Morgan fingerprint density at radius 1 is 1.13 bits per heavy atom. The minimum atomic E-state index is 0.470. The maximum atomic E-state index is 9.01. The number of halogens is 3. The average Bonchev–Trinajstić information content (AvgIpc) is 2.92. The molecule has 0 aliphatic carbocycles. The number of piperidine rings is 1. The van der Waals surface area contributed by atoms with E-state index in [1.807, 2.05) is 23.6 Å². The highest BCUT2D eigenvalue weighted by atomic mass is 79.9. The van der Waals surface area contributed by atoms with Crippen LogP contribution in [0.15, 0.2) is 16.6 Å². The van der Waals surface area contributed by atoms with Crippen LogP contribution in [0.5, 0.6) is 0 Å². The second kappa shape index (κ2) is 8.37. The summed E-state index contributed by atoms with van der Waals surface area (Å²) in [4.78, 5) is 11.9. The maximum Gasteiger partial charge on any atom is 0.150 e. The van der Waals surface area contributed by atoms with Crippen LogP contribution in [0.4, 0.5) is 5.82 Å². The summed E-state index contributed by atoms with van der Waals surface area (Å²) in [6.45, 7) is 7.85. The van der Waals surface area contributed by atoms with Crippen LogP contribution in [0.25, 0.3) is 16.7 Å². The van der Waals surface area contributed by atoms with Crippen molar-refractivity contribution in [1.82, 2.24) is 14.5 Å². The van der Waals surface area contributed by atoms with Crippen LogP contribution >= 0.6 is 39.1 Å². The molecule has 1 aliphatic heterocycles. The van der Waals surface area contributed by atoms with Gasteiger partial charge in [-0.15, -0.1) is 0 Å². The molecule has 0 spiro atoms. The Hall–Kier alpha value is -1.81. The Balaban J connectivity index is 1.89. The molecule has 8 heteroatoms. The van der Waals surface area contributed by atoms with E-state index >= 15 is 0 Å². The molecule has 0 atom stereocenters. The number of fused-ring (bicyclic) bond motifs is 1. The Morgan fingerprint density at radius 2 is 1.77 bits per heavy atom. The molecule has 5 nitrogen and oxygen atoms in total. The first-order chi connectivity index (χ1) is 14.3. The van der Waals surface area contributed by atoms with E-state index in [0.717, 1.165) is 64.2 Å². The topological polar surface area (TPSA) is 57.7 Å². The standard InChI is InChI=1S/C22H22BrCl2N5/c1-12-13(2)30(20-17(24)10-16(23)11-18(20)25)22-19(12)21(27-14(3)28-22)29-8-5-15(4-7-26)6-9-29/h10-11,15H,4-6,8-9H2,1-3H3. The summed E-state index contributed by atoms with van der Waals surface area (Å²) in [5.41, 5.74) is 3.71. The van der Waals surface area contributed by atoms with Crippen molar-refractivity contribution in [3.8, 4) is 11.8 Å². The van der Waals surface area contributed by atoms with Crippen molar-refractivity contribution in [3.63, 3.8) is 0 Å². The normalized spacial score (nSPS) is 15.0. The van der Waals surface area contributed by atoms with Gasteiger partial charge in [-0.1, -0.05) is 39.1 Å². The van der Waals surface area contributed by atoms with E-state index in [1.54, 1.807) is 0 Å². The fraction of sp³-hybridized carbons (Fsp3) is 0.409. The first kappa shape index (κ1) is 21.4. The predicted molar refractivity (Wildman–Crippen MR) is 126 cm³/mol. The second-order valence-corrected chi connectivity index (χ2v) is 9.58. The zero-order valence-electron chi connectivity index (χ0n) is 17.1. The molecule has 0 amide bonds. The fourth-order valence-corrected chi connectivity index (χ4v) is 5.65. The summed E-state index contributed by atoms with van der Waals surface area (Å²) in [6, 6.07) is 6.00. The molecule has 0 bridgehead atoms. The van der Waals surface area contributed by atoms with Crippen LogP contribution < -0.4 is 4.90 Å². The average molecular weight is 507 g/mol. The van der Waals surface area contributed by atoms with Gasteiger partial charge in [-0.05, 0) is 57.2 Å².